The average Bonchev–Trinajstić information content (AvgIpc) is 3.20. The van der Waals surface area contributed by atoms with Crippen LogP contribution in [0.1, 0.15) is 42.4 Å². The largest absolute Gasteiger partial charge is 0.457 e. The fourth-order valence-corrected chi connectivity index (χ4v) is 4.81. The maximum Gasteiger partial charge on any atom is 0.373 e. The first-order valence-corrected chi connectivity index (χ1v) is 11.3. The van der Waals surface area contributed by atoms with E-state index in [0.29, 0.717) is 19.4 Å². The molecule has 5 nitrogen and oxygen atoms in total. The van der Waals surface area contributed by atoms with Crippen molar-refractivity contribution in [2.75, 3.05) is 19.8 Å². The highest BCUT2D eigenvalue weighted by Crippen LogP contribution is 2.46. The van der Waals surface area contributed by atoms with E-state index in [2.05, 4.69) is 49.0 Å². The standard InChI is InChI=1S/C27H30O5/c1-3-15-31-26(29)25-17-24(22(13-8-14-28)27(32-25)30-4-2)21-12-7-11-20-19-10-6-5-9-18(19)16-23(20)21/h3,5-7,9-12,17,22,24,27-28H,1,4,8,13-16H2,2H3. The molecule has 0 aromatic heterocycles. The molecule has 0 amide bonds. The lowest BCUT2D eigenvalue weighted by atomic mass is 9.78. The minimum atomic E-state index is -0.590. The molecule has 2 aliphatic rings. The highest BCUT2D eigenvalue weighted by Gasteiger charge is 2.39. The Balaban J connectivity index is 1.77. The van der Waals surface area contributed by atoms with Crippen LogP contribution in [-0.2, 0) is 25.4 Å². The second-order valence-electron chi connectivity index (χ2n) is 8.12. The molecule has 0 fully saturated rings. The van der Waals surface area contributed by atoms with E-state index in [1.165, 1.54) is 33.9 Å². The van der Waals surface area contributed by atoms with Crippen molar-refractivity contribution in [1.82, 2.24) is 0 Å². The fraction of sp³-hybridized carbons (Fsp3) is 0.370. The van der Waals surface area contributed by atoms with Gasteiger partial charge in [-0.25, -0.2) is 4.79 Å². The molecule has 0 radical (unpaired) electrons. The Bertz CT molecular complexity index is 1010. The van der Waals surface area contributed by atoms with Gasteiger partial charge in [0, 0.05) is 25.0 Å². The van der Waals surface area contributed by atoms with E-state index in [4.69, 9.17) is 14.2 Å². The molecule has 0 bridgehead atoms. The monoisotopic (exact) mass is 434 g/mol. The minimum absolute atomic E-state index is 0.0340. The Morgan fingerprint density at radius 2 is 2.03 bits per heavy atom. The molecule has 2 aromatic carbocycles. The summed E-state index contributed by atoms with van der Waals surface area (Å²) in [5.74, 6) is -0.476. The third-order valence-corrected chi connectivity index (χ3v) is 6.19. The number of allylic oxidation sites excluding steroid dienone is 1. The Kier molecular flexibility index (Phi) is 7.08. The van der Waals surface area contributed by atoms with Gasteiger partial charge in [-0.15, -0.1) is 0 Å². The molecule has 2 aromatic rings. The number of carbonyl (C=O) groups excluding carboxylic acids is 1. The van der Waals surface area contributed by atoms with Gasteiger partial charge < -0.3 is 19.3 Å². The summed E-state index contributed by atoms with van der Waals surface area (Å²) in [6.07, 6.45) is 5.02. The molecule has 0 saturated heterocycles. The molecule has 1 N–H and O–H groups in total. The quantitative estimate of drug-likeness (QED) is 0.389. The van der Waals surface area contributed by atoms with E-state index in [-0.39, 0.29) is 30.8 Å². The summed E-state index contributed by atoms with van der Waals surface area (Å²) >= 11 is 0. The summed E-state index contributed by atoms with van der Waals surface area (Å²) in [5, 5.41) is 9.50. The van der Waals surface area contributed by atoms with Crippen molar-refractivity contribution in [3.8, 4) is 11.1 Å². The number of benzene rings is 2. The van der Waals surface area contributed by atoms with Gasteiger partial charge in [-0.1, -0.05) is 55.1 Å². The zero-order valence-electron chi connectivity index (χ0n) is 18.5. The zero-order valence-corrected chi connectivity index (χ0v) is 18.5. The number of ether oxygens (including phenoxy) is 3. The maximum atomic E-state index is 12.7. The van der Waals surface area contributed by atoms with Gasteiger partial charge in [-0.2, -0.15) is 0 Å². The first-order valence-electron chi connectivity index (χ1n) is 11.3. The normalized spacial score (nSPS) is 21.2. The highest BCUT2D eigenvalue weighted by molar-refractivity contribution is 5.87. The summed E-state index contributed by atoms with van der Waals surface area (Å²) < 4.78 is 17.2. The highest BCUT2D eigenvalue weighted by atomic mass is 16.7. The predicted octanol–water partition coefficient (Wildman–Crippen LogP) is 4.74. The first kappa shape index (κ1) is 22.3. The molecule has 5 heteroatoms. The maximum absolute atomic E-state index is 12.7. The number of fused-ring (bicyclic) bond motifs is 3. The Hall–Kier alpha value is -2.89. The molecule has 1 aliphatic carbocycles. The van der Waals surface area contributed by atoms with Crippen LogP contribution in [0.5, 0.6) is 0 Å². The SMILES string of the molecule is C=CCOC(=O)C1=CC(c2cccc3c2Cc2ccccc2-3)C(CCCO)C(OCC)O1. The van der Waals surface area contributed by atoms with Crippen molar-refractivity contribution < 1.29 is 24.1 Å². The molecule has 1 aliphatic heterocycles. The average molecular weight is 435 g/mol. The van der Waals surface area contributed by atoms with Crippen LogP contribution < -0.4 is 0 Å². The molecule has 32 heavy (non-hydrogen) atoms. The van der Waals surface area contributed by atoms with Gasteiger partial charge in [-0.3, -0.25) is 0 Å². The van der Waals surface area contributed by atoms with Crippen LogP contribution in [0.2, 0.25) is 0 Å². The van der Waals surface area contributed by atoms with Crippen LogP contribution >= 0.6 is 0 Å². The predicted molar refractivity (Wildman–Crippen MR) is 123 cm³/mol. The molecule has 0 saturated carbocycles. The lowest BCUT2D eigenvalue weighted by Gasteiger charge is -2.37. The van der Waals surface area contributed by atoms with Crippen LogP contribution in [0.3, 0.4) is 0 Å². The summed E-state index contributed by atoms with van der Waals surface area (Å²) in [5.41, 5.74) is 6.26. The second-order valence-corrected chi connectivity index (χ2v) is 8.12. The van der Waals surface area contributed by atoms with Crippen molar-refractivity contribution in [2.24, 2.45) is 5.92 Å². The van der Waals surface area contributed by atoms with Gasteiger partial charge in [0.2, 0.25) is 12.0 Å². The lowest BCUT2D eigenvalue weighted by Crippen LogP contribution is -2.37. The number of hydrogen-bond donors (Lipinski definition) is 1. The van der Waals surface area contributed by atoms with Gasteiger partial charge in [-0.05, 0) is 60.1 Å². The Labute approximate surface area is 189 Å². The molecular weight excluding hydrogens is 404 g/mol. The van der Waals surface area contributed by atoms with E-state index in [9.17, 15) is 9.90 Å². The fourth-order valence-electron chi connectivity index (χ4n) is 4.81. The third-order valence-electron chi connectivity index (χ3n) is 6.19. The molecular formula is C27H30O5. The summed E-state index contributed by atoms with van der Waals surface area (Å²) in [4.78, 5) is 12.7. The first-order chi connectivity index (χ1) is 15.7. The van der Waals surface area contributed by atoms with E-state index < -0.39 is 12.3 Å². The lowest BCUT2D eigenvalue weighted by molar-refractivity contribution is -0.175. The smallest absolute Gasteiger partial charge is 0.373 e. The molecule has 3 unspecified atom stereocenters. The Morgan fingerprint density at radius 1 is 1.22 bits per heavy atom. The Morgan fingerprint density at radius 3 is 2.81 bits per heavy atom. The number of hydrogen-bond acceptors (Lipinski definition) is 5. The van der Waals surface area contributed by atoms with Crippen LogP contribution in [0, 0.1) is 5.92 Å². The minimum Gasteiger partial charge on any atom is -0.457 e. The van der Waals surface area contributed by atoms with Gasteiger partial charge in [0.25, 0.3) is 0 Å². The molecule has 1 heterocycles. The molecule has 168 valence electrons. The number of aliphatic hydroxyl groups excluding tert-OH is 1. The van der Waals surface area contributed by atoms with Gasteiger partial charge >= 0.3 is 5.97 Å². The van der Waals surface area contributed by atoms with Crippen molar-refractivity contribution in [3.63, 3.8) is 0 Å². The summed E-state index contributed by atoms with van der Waals surface area (Å²) in [7, 11) is 0. The van der Waals surface area contributed by atoms with Crippen LogP contribution in [-0.4, -0.2) is 37.2 Å². The number of rotatable bonds is 9. The van der Waals surface area contributed by atoms with E-state index >= 15 is 0 Å². The van der Waals surface area contributed by atoms with Gasteiger partial charge in [0.1, 0.15) is 6.61 Å². The van der Waals surface area contributed by atoms with Crippen molar-refractivity contribution >= 4 is 5.97 Å². The van der Waals surface area contributed by atoms with Gasteiger partial charge in [0.15, 0.2) is 0 Å². The number of carbonyl (C=O) groups is 1. The number of aliphatic hydroxyl groups is 1. The summed E-state index contributed by atoms with van der Waals surface area (Å²) in [6.45, 7) is 6.19. The van der Waals surface area contributed by atoms with E-state index in [0.717, 1.165) is 6.42 Å². The van der Waals surface area contributed by atoms with Gasteiger partial charge in [0.05, 0.1) is 0 Å². The second kappa shape index (κ2) is 10.2. The van der Waals surface area contributed by atoms with E-state index in [1.807, 2.05) is 13.0 Å². The molecule has 3 atom stereocenters. The zero-order chi connectivity index (χ0) is 22.5. The van der Waals surface area contributed by atoms with Crippen LogP contribution in [0.4, 0.5) is 0 Å². The van der Waals surface area contributed by atoms with Crippen LogP contribution in [0.25, 0.3) is 11.1 Å². The van der Waals surface area contributed by atoms with Crippen LogP contribution in [0.15, 0.2) is 67.0 Å². The number of esters is 1. The summed E-state index contributed by atoms with van der Waals surface area (Å²) in [6, 6.07) is 14.8. The van der Waals surface area contributed by atoms with Crippen molar-refractivity contribution in [2.45, 2.75) is 38.4 Å². The third kappa shape index (κ3) is 4.36. The molecule has 0 spiro atoms. The van der Waals surface area contributed by atoms with Crippen molar-refractivity contribution in [1.29, 1.82) is 0 Å². The molecule has 4 rings (SSSR count). The van der Waals surface area contributed by atoms with E-state index in [1.54, 1.807) is 0 Å². The topological polar surface area (TPSA) is 65.0 Å². The van der Waals surface area contributed by atoms with Crippen molar-refractivity contribution in [3.05, 3.63) is 83.6 Å².